The summed E-state index contributed by atoms with van der Waals surface area (Å²) in [5.74, 6) is -0.691. The highest BCUT2D eigenvalue weighted by molar-refractivity contribution is 6.34. The van der Waals surface area contributed by atoms with E-state index < -0.39 is 10.8 Å². The number of halogens is 1. The Morgan fingerprint density at radius 1 is 0.971 bits per heavy atom. The van der Waals surface area contributed by atoms with Gasteiger partial charge >= 0.3 is 0 Å². The van der Waals surface area contributed by atoms with Crippen molar-refractivity contribution in [3.8, 4) is 0 Å². The Kier molecular flexibility index (Phi) is 6.13. The second-order valence-corrected chi connectivity index (χ2v) is 9.20. The van der Waals surface area contributed by atoms with Gasteiger partial charge in [-0.05, 0) is 54.7 Å². The van der Waals surface area contributed by atoms with Crippen molar-refractivity contribution in [2.45, 2.75) is 31.8 Å². The smallest absolute Gasteiger partial charge is 0.270 e. The molecule has 2 amide bonds. The molecule has 0 radical (unpaired) electrons. The van der Waals surface area contributed by atoms with E-state index >= 15 is 0 Å². The molecule has 5 rings (SSSR count). The molecule has 3 aromatic rings. The van der Waals surface area contributed by atoms with Crippen LogP contribution in [0.1, 0.15) is 44.7 Å². The zero-order chi connectivity index (χ0) is 24.5. The standard InChI is InChI=1S/C26H23ClN4O4/c27-23-14-20(31(34)35)8-9-21(23)25(32)29-19-7-10-24(22(13-19)26(33)28-18-5-6-18)30-12-11-16-3-1-2-4-17(16)15-30/h1-4,7-10,13-14,18H,5-6,11-12,15H2,(H,28,33)(H,29,32). The molecule has 3 aromatic carbocycles. The molecular weight excluding hydrogens is 468 g/mol. The monoisotopic (exact) mass is 490 g/mol. The first kappa shape index (κ1) is 22.9. The largest absolute Gasteiger partial charge is 0.366 e. The third-order valence-corrected chi connectivity index (χ3v) is 6.60. The van der Waals surface area contributed by atoms with E-state index in [4.69, 9.17) is 11.6 Å². The molecule has 1 heterocycles. The maximum atomic E-state index is 13.1. The number of carbonyl (C=O) groups excluding carboxylic acids is 2. The number of hydrogen-bond acceptors (Lipinski definition) is 5. The number of carbonyl (C=O) groups is 2. The topological polar surface area (TPSA) is 105 Å². The number of non-ortho nitro benzene ring substituents is 1. The molecule has 0 saturated heterocycles. The van der Waals surface area contributed by atoms with Crippen LogP contribution < -0.4 is 15.5 Å². The van der Waals surface area contributed by atoms with Gasteiger partial charge in [-0.3, -0.25) is 19.7 Å². The van der Waals surface area contributed by atoms with Gasteiger partial charge in [0.1, 0.15) is 0 Å². The van der Waals surface area contributed by atoms with Crippen LogP contribution in [-0.4, -0.2) is 29.3 Å². The molecule has 9 heteroatoms. The number of nitrogens with zero attached hydrogens (tertiary/aromatic N) is 2. The second-order valence-electron chi connectivity index (χ2n) is 8.80. The summed E-state index contributed by atoms with van der Waals surface area (Å²) in [4.78, 5) is 38.5. The summed E-state index contributed by atoms with van der Waals surface area (Å²) in [7, 11) is 0. The van der Waals surface area contributed by atoms with Gasteiger partial charge in [0, 0.05) is 42.6 Å². The lowest BCUT2D eigenvalue weighted by atomic mass is 9.98. The molecule has 2 aliphatic rings. The molecule has 2 N–H and O–H groups in total. The van der Waals surface area contributed by atoms with Gasteiger partial charge in [-0.2, -0.15) is 0 Å². The van der Waals surface area contributed by atoms with Crippen LogP contribution in [0.3, 0.4) is 0 Å². The van der Waals surface area contributed by atoms with E-state index in [1.807, 2.05) is 18.2 Å². The Morgan fingerprint density at radius 2 is 1.74 bits per heavy atom. The first-order valence-corrected chi connectivity index (χ1v) is 11.8. The number of nitrogens with one attached hydrogen (secondary N) is 2. The molecule has 1 saturated carbocycles. The number of nitro benzene ring substituents is 1. The quantitative estimate of drug-likeness (QED) is 0.375. The zero-order valence-corrected chi connectivity index (χ0v) is 19.5. The minimum atomic E-state index is -0.573. The lowest BCUT2D eigenvalue weighted by molar-refractivity contribution is -0.384. The molecule has 1 fully saturated rings. The summed E-state index contributed by atoms with van der Waals surface area (Å²) in [5, 5.41) is 16.7. The molecule has 0 aromatic heterocycles. The number of anilines is 2. The van der Waals surface area contributed by atoms with Crippen molar-refractivity contribution in [1.82, 2.24) is 5.32 Å². The van der Waals surface area contributed by atoms with Crippen molar-refractivity contribution < 1.29 is 14.5 Å². The molecule has 1 aliphatic carbocycles. The van der Waals surface area contributed by atoms with E-state index in [0.717, 1.165) is 37.6 Å². The van der Waals surface area contributed by atoms with E-state index in [2.05, 4.69) is 27.7 Å². The van der Waals surface area contributed by atoms with Crippen molar-refractivity contribution in [2.24, 2.45) is 0 Å². The zero-order valence-electron chi connectivity index (χ0n) is 18.8. The van der Waals surface area contributed by atoms with Crippen LogP contribution in [0.5, 0.6) is 0 Å². The highest BCUT2D eigenvalue weighted by Gasteiger charge is 2.27. The summed E-state index contributed by atoms with van der Waals surface area (Å²) in [6.07, 6.45) is 2.82. The van der Waals surface area contributed by atoms with Crippen LogP contribution in [-0.2, 0) is 13.0 Å². The van der Waals surface area contributed by atoms with Crippen LogP contribution in [0.15, 0.2) is 60.7 Å². The summed E-state index contributed by atoms with van der Waals surface area (Å²) in [6.45, 7) is 1.48. The summed E-state index contributed by atoms with van der Waals surface area (Å²) < 4.78 is 0. The Bertz CT molecular complexity index is 1340. The van der Waals surface area contributed by atoms with Crippen molar-refractivity contribution in [3.05, 3.63) is 98.1 Å². The minimum absolute atomic E-state index is 0.0213. The van der Waals surface area contributed by atoms with Crippen LogP contribution in [0.25, 0.3) is 0 Å². The van der Waals surface area contributed by atoms with Gasteiger partial charge < -0.3 is 15.5 Å². The van der Waals surface area contributed by atoms with E-state index in [9.17, 15) is 19.7 Å². The fourth-order valence-corrected chi connectivity index (χ4v) is 4.52. The fraction of sp³-hybridized carbons (Fsp3) is 0.231. The maximum absolute atomic E-state index is 13.1. The van der Waals surface area contributed by atoms with E-state index in [-0.39, 0.29) is 28.2 Å². The van der Waals surface area contributed by atoms with Crippen LogP contribution in [0.2, 0.25) is 5.02 Å². The lowest BCUT2D eigenvalue weighted by Crippen LogP contribution is -2.33. The van der Waals surface area contributed by atoms with E-state index in [1.54, 1.807) is 12.1 Å². The van der Waals surface area contributed by atoms with Crippen LogP contribution in [0, 0.1) is 10.1 Å². The number of benzene rings is 3. The third kappa shape index (κ3) is 4.97. The average molecular weight is 491 g/mol. The van der Waals surface area contributed by atoms with E-state index in [1.165, 1.54) is 23.3 Å². The molecule has 178 valence electrons. The Morgan fingerprint density at radius 3 is 2.46 bits per heavy atom. The number of nitro groups is 1. The SMILES string of the molecule is O=C(Nc1ccc(N2CCc3ccccc3C2)c(C(=O)NC2CC2)c1)c1ccc([N+](=O)[O-])cc1Cl. The molecule has 35 heavy (non-hydrogen) atoms. The van der Waals surface area contributed by atoms with Crippen molar-refractivity contribution in [1.29, 1.82) is 0 Å². The first-order chi connectivity index (χ1) is 16.9. The highest BCUT2D eigenvalue weighted by Crippen LogP contribution is 2.31. The van der Waals surface area contributed by atoms with Gasteiger partial charge in [0.2, 0.25) is 0 Å². The second kappa shape index (κ2) is 9.38. The van der Waals surface area contributed by atoms with Gasteiger partial charge in [0.15, 0.2) is 0 Å². The Balaban J connectivity index is 1.42. The first-order valence-electron chi connectivity index (χ1n) is 11.4. The molecule has 1 aliphatic heterocycles. The van der Waals surface area contributed by atoms with Gasteiger partial charge in [-0.25, -0.2) is 0 Å². The Hall–Kier alpha value is -3.91. The fourth-order valence-electron chi connectivity index (χ4n) is 4.26. The predicted molar refractivity (Wildman–Crippen MR) is 134 cm³/mol. The van der Waals surface area contributed by atoms with Gasteiger partial charge in [0.25, 0.3) is 17.5 Å². The number of fused-ring (bicyclic) bond motifs is 1. The summed E-state index contributed by atoms with van der Waals surface area (Å²) >= 11 is 6.11. The molecule has 8 nitrogen and oxygen atoms in total. The molecule has 0 unspecified atom stereocenters. The normalized spacial score (nSPS) is 14.7. The molecule has 0 spiro atoms. The predicted octanol–water partition coefficient (Wildman–Crippen LogP) is 4.96. The van der Waals surface area contributed by atoms with Crippen molar-refractivity contribution in [2.75, 3.05) is 16.8 Å². The highest BCUT2D eigenvalue weighted by atomic mass is 35.5. The van der Waals surface area contributed by atoms with Gasteiger partial charge in [-0.15, -0.1) is 0 Å². The van der Waals surface area contributed by atoms with Gasteiger partial charge in [0.05, 0.1) is 21.1 Å². The average Bonchev–Trinajstić information content (AvgIpc) is 3.67. The third-order valence-electron chi connectivity index (χ3n) is 6.29. The lowest BCUT2D eigenvalue weighted by Gasteiger charge is -2.32. The van der Waals surface area contributed by atoms with E-state index in [0.29, 0.717) is 17.8 Å². The van der Waals surface area contributed by atoms with Crippen molar-refractivity contribution >= 4 is 40.5 Å². The molecule has 0 atom stereocenters. The summed E-state index contributed by atoms with van der Waals surface area (Å²) in [5.41, 5.74) is 4.20. The molecular formula is C26H23ClN4O4. The number of hydrogen-bond donors (Lipinski definition) is 2. The number of amides is 2. The Labute approximate surface area is 207 Å². The summed E-state index contributed by atoms with van der Waals surface area (Å²) in [6, 6.07) is 17.4. The van der Waals surface area contributed by atoms with Crippen LogP contribution in [0.4, 0.5) is 17.1 Å². The minimum Gasteiger partial charge on any atom is -0.366 e. The van der Waals surface area contributed by atoms with Gasteiger partial charge in [-0.1, -0.05) is 35.9 Å². The van der Waals surface area contributed by atoms with Crippen molar-refractivity contribution in [3.63, 3.8) is 0 Å². The maximum Gasteiger partial charge on any atom is 0.270 e. The molecule has 0 bridgehead atoms. The number of rotatable bonds is 6. The van der Waals surface area contributed by atoms with Crippen LogP contribution >= 0.6 is 11.6 Å².